The summed E-state index contributed by atoms with van der Waals surface area (Å²) in [7, 11) is 0. The SMILES string of the molecule is O=C(O)CCc1ccccc1OCC(=O)O. The number of aryl methyl sites for hydroxylation is 1. The lowest BCUT2D eigenvalue weighted by molar-refractivity contribution is -0.139. The normalized spacial score (nSPS) is 9.75. The van der Waals surface area contributed by atoms with Gasteiger partial charge >= 0.3 is 11.9 Å². The minimum absolute atomic E-state index is 0.00650. The van der Waals surface area contributed by atoms with Crippen molar-refractivity contribution in [1.29, 1.82) is 0 Å². The van der Waals surface area contributed by atoms with Gasteiger partial charge in [-0.2, -0.15) is 0 Å². The Labute approximate surface area is 92.3 Å². The van der Waals surface area contributed by atoms with Gasteiger partial charge in [0.15, 0.2) is 6.61 Å². The highest BCUT2D eigenvalue weighted by Gasteiger charge is 2.06. The quantitative estimate of drug-likeness (QED) is 0.757. The van der Waals surface area contributed by atoms with Crippen LogP contribution in [0.15, 0.2) is 24.3 Å². The molecule has 1 aromatic carbocycles. The van der Waals surface area contributed by atoms with Crippen LogP contribution in [-0.2, 0) is 16.0 Å². The first kappa shape index (κ1) is 12.0. The summed E-state index contributed by atoms with van der Waals surface area (Å²) in [4.78, 5) is 20.7. The largest absolute Gasteiger partial charge is 0.482 e. The van der Waals surface area contributed by atoms with E-state index in [9.17, 15) is 9.59 Å². The van der Waals surface area contributed by atoms with Crippen LogP contribution in [-0.4, -0.2) is 28.8 Å². The molecule has 0 aliphatic rings. The zero-order valence-corrected chi connectivity index (χ0v) is 8.55. The molecule has 0 saturated carbocycles. The molecule has 0 heterocycles. The van der Waals surface area contributed by atoms with Crippen LogP contribution in [0.2, 0.25) is 0 Å². The molecule has 5 nitrogen and oxygen atoms in total. The van der Waals surface area contributed by atoms with Gasteiger partial charge in [-0.25, -0.2) is 4.79 Å². The number of hydrogen-bond acceptors (Lipinski definition) is 3. The third-order valence-electron chi connectivity index (χ3n) is 1.93. The fraction of sp³-hybridized carbons (Fsp3) is 0.273. The number of rotatable bonds is 6. The van der Waals surface area contributed by atoms with Gasteiger partial charge in [0.25, 0.3) is 0 Å². The lowest BCUT2D eigenvalue weighted by Gasteiger charge is -2.08. The Kier molecular flexibility index (Phi) is 4.32. The summed E-state index contributed by atoms with van der Waals surface area (Å²) in [6.07, 6.45) is 0.318. The summed E-state index contributed by atoms with van der Waals surface area (Å²) in [5, 5.41) is 17.0. The second-order valence-electron chi connectivity index (χ2n) is 3.18. The van der Waals surface area contributed by atoms with E-state index in [0.29, 0.717) is 17.7 Å². The first-order valence-electron chi connectivity index (χ1n) is 4.74. The van der Waals surface area contributed by atoms with Gasteiger partial charge in [-0.15, -0.1) is 0 Å². The molecule has 0 saturated heterocycles. The molecule has 0 fully saturated rings. The van der Waals surface area contributed by atoms with E-state index < -0.39 is 18.5 Å². The number of ether oxygens (including phenoxy) is 1. The summed E-state index contributed by atoms with van der Waals surface area (Å²) in [6.45, 7) is -0.427. The molecule has 0 amide bonds. The fourth-order valence-electron chi connectivity index (χ4n) is 1.23. The standard InChI is InChI=1S/C11H12O5/c12-10(13)6-5-8-3-1-2-4-9(8)16-7-11(14)15/h1-4H,5-7H2,(H,12,13)(H,14,15). The molecule has 0 atom stereocenters. The minimum Gasteiger partial charge on any atom is -0.482 e. The van der Waals surface area contributed by atoms with E-state index in [0.717, 1.165) is 0 Å². The van der Waals surface area contributed by atoms with E-state index in [1.54, 1.807) is 24.3 Å². The second kappa shape index (κ2) is 5.75. The van der Waals surface area contributed by atoms with Crippen LogP contribution in [0.1, 0.15) is 12.0 Å². The number of para-hydroxylation sites is 1. The van der Waals surface area contributed by atoms with E-state index in [1.807, 2.05) is 0 Å². The van der Waals surface area contributed by atoms with Gasteiger partial charge in [-0.05, 0) is 18.1 Å². The Bertz CT molecular complexity index is 349. The van der Waals surface area contributed by atoms with Crippen molar-refractivity contribution in [1.82, 2.24) is 0 Å². The molecule has 0 aliphatic carbocycles. The topological polar surface area (TPSA) is 83.8 Å². The highest BCUT2D eigenvalue weighted by Crippen LogP contribution is 2.19. The number of benzene rings is 1. The summed E-state index contributed by atoms with van der Waals surface area (Å²) >= 11 is 0. The van der Waals surface area contributed by atoms with Crippen molar-refractivity contribution >= 4 is 11.9 Å². The van der Waals surface area contributed by atoms with Crippen LogP contribution in [0.25, 0.3) is 0 Å². The maximum atomic E-state index is 10.4. The van der Waals surface area contributed by atoms with Crippen LogP contribution >= 0.6 is 0 Å². The molecule has 5 heteroatoms. The molecule has 0 unspecified atom stereocenters. The predicted octanol–water partition coefficient (Wildman–Crippen LogP) is 1.17. The first-order valence-corrected chi connectivity index (χ1v) is 4.74. The maximum Gasteiger partial charge on any atom is 0.341 e. The Morgan fingerprint density at radius 3 is 2.44 bits per heavy atom. The van der Waals surface area contributed by atoms with Gasteiger partial charge in [-0.1, -0.05) is 18.2 Å². The van der Waals surface area contributed by atoms with Crippen LogP contribution < -0.4 is 4.74 Å². The molecule has 86 valence electrons. The van der Waals surface area contributed by atoms with Crippen molar-refractivity contribution in [2.75, 3.05) is 6.61 Å². The zero-order chi connectivity index (χ0) is 12.0. The van der Waals surface area contributed by atoms with Gasteiger partial charge in [0.2, 0.25) is 0 Å². The maximum absolute atomic E-state index is 10.4. The highest BCUT2D eigenvalue weighted by molar-refractivity contribution is 5.69. The van der Waals surface area contributed by atoms with Crippen molar-refractivity contribution < 1.29 is 24.5 Å². The van der Waals surface area contributed by atoms with Gasteiger partial charge < -0.3 is 14.9 Å². The third kappa shape index (κ3) is 4.00. The summed E-state index contributed by atoms with van der Waals surface area (Å²) in [5.41, 5.74) is 0.700. The Balaban J connectivity index is 2.67. The van der Waals surface area contributed by atoms with Crippen molar-refractivity contribution in [2.24, 2.45) is 0 Å². The van der Waals surface area contributed by atoms with Crippen LogP contribution in [0.4, 0.5) is 0 Å². The molecular weight excluding hydrogens is 212 g/mol. The van der Waals surface area contributed by atoms with Gasteiger partial charge in [0, 0.05) is 6.42 Å². The Hall–Kier alpha value is -2.04. The highest BCUT2D eigenvalue weighted by atomic mass is 16.5. The zero-order valence-electron chi connectivity index (χ0n) is 8.55. The van der Waals surface area contributed by atoms with E-state index >= 15 is 0 Å². The third-order valence-corrected chi connectivity index (χ3v) is 1.93. The smallest absolute Gasteiger partial charge is 0.341 e. The van der Waals surface area contributed by atoms with Gasteiger partial charge in [0.05, 0.1) is 0 Å². The van der Waals surface area contributed by atoms with E-state index in [-0.39, 0.29) is 6.42 Å². The van der Waals surface area contributed by atoms with Crippen molar-refractivity contribution in [3.05, 3.63) is 29.8 Å². The second-order valence-corrected chi connectivity index (χ2v) is 3.18. The molecule has 0 aromatic heterocycles. The van der Waals surface area contributed by atoms with Crippen LogP contribution in [0, 0.1) is 0 Å². The average Bonchev–Trinajstić information content (AvgIpc) is 2.24. The van der Waals surface area contributed by atoms with E-state index in [2.05, 4.69) is 0 Å². The number of aliphatic carboxylic acids is 2. The molecule has 0 radical (unpaired) electrons. The molecule has 0 spiro atoms. The molecular formula is C11H12O5. The molecule has 2 N–H and O–H groups in total. The van der Waals surface area contributed by atoms with Crippen molar-refractivity contribution in [3.63, 3.8) is 0 Å². The van der Waals surface area contributed by atoms with Crippen LogP contribution in [0.5, 0.6) is 5.75 Å². The monoisotopic (exact) mass is 224 g/mol. The average molecular weight is 224 g/mol. The Morgan fingerprint density at radius 2 is 1.81 bits per heavy atom. The van der Waals surface area contributed by atoms with Crippen molar-refractivity contribution in [2.45, 2.75) is 12.8 Å². The molecule has 1 rings (SSSR count). The molecule has 0 bridgehead atoms. The lowest BCUT2D eigenvalue weighted by Crippen LogP contribution is -2.10. The first-order chi connectivity index (χ1) is 7.59. The lowest BCUT2D eigenvalue weighted by atomic mass is 10.1. The predicted molar refractivity (Wildman–Crippen MR) is 55.5 cm³/mol. The minimum atomic E-state index is -1.06. The van der Waals surface area contributed by atoms with Crippen LogP contribution in [0.3, 0.4) is 0 Å². The number of hydrogen-bond donors (Lipinski definition) is 2. The van der Waals surface area contributed by atoms with Gasteiger partial charge in [0.1, 0.15) is 5.75 Å². The summed E-state index contributed by atoms with van der Waals surface area (Å²) in [6, 6.07) is 6.81. The molecule has 0 aliphatic heterocycles. The molecule has 16 heavy (non-hydrogen) atoms. The summed E-state index contributed by atoms with van der Waals surface area (Å²) < 4.78 is 5.04. The van der Waals surface area contributed by atoms with E-state index in [4.69, 9.17) is 14.9 Å². The number of carboxylic acid groups (broad SMARTS) is 2. The molecule has 1 aromatic rings. The fourth-order valence-corrected chi connectivity index (χ4v) is 1.23. The number of carboxylic acids is 2. The van der Waals surface area contributed by atoms with Gasteiger partial charge in [-0.3, -0.25) is 4.79 Å². The van der Waals surface area contributed by atoms with E-state index in [1.165, 1.54) is 0 Å². The van der Waals surface area contributed by atoms with Crippen molar-refractivity contribution in [3.8, 4) is 5.75 Å². The summed E-state index contributed by atoms with van der Waals surface area (Å²) in [5.74, 6) is -1.53. The Morgan fingerprint density at radius 1 is 1.12 bits per heavy atom. The number of carbonyl (C=O) groups is 2.